The predicted octanol–water partition coefficient (Wildman–Crippen LogP) is 2.74. The Morgan fingerprint density at radius 2 is 2.25 bits per heavy atom. The van der Waals surface area contributed by atoms with Gasteiger partial charge in [0.05, 0.1) is 0 Å². The summed E-state index contributed by atoms with van der Waals surface area (Å²) in [5, 5.41) is 3.65. The van der Waals surface area contributed by atoms with Gasteiger partial charge in [0.2, 0.25) is 0 Å². The molecule has 92 valence electrons. The van der Waals surface area contributed by atoms with E-state index in [1.54, 1.807) is 5.54 Å². The van der Waals surface area contributed by atoms with Gasteiger partial charge in [-0.1, -0.05) is 18.0 Å². The highest BCUT2D eigenvalue weighted by Gasteiger charge is 2.31. The molecule has 0 radical (unpaired) electrons. The molecule has 0 aromatic heterocycles. The predicted molar refractivity (Wildman–Crippen MR) is 69.8 cm³/mol. The quantitative estimate of drug-likeness (QED) is 0.819. The van der Waals surface area contributed by atoms with Crippen LogP contribution in [0, 0.1) is 0 Å². The minimum absolute atomic E-state index is 0.725. The van der Waals surface area contributed by atoms with Crippen molar-refractivity contribution in [3.63, 3.8) is 0 Å². The number of nitrogens with one attached hydrogen (secondary N) is 1. The molecule has 2 nitrogen and oxygen atoms in total. The van der Waals surface area contributed by atoms with Crippen LogP contribution in [0.4, 0.5) is 0 Å². The minimum Gasteiger partial charge on any atom is -0.312 e. The third-order valence-corrected chi connectivity index (χ3v) is 4.24. The molecule has 0 bridgehead atoms. The maximum atomic E-state index is 5.77. The van der Waals surface area contributed by atoms with Crippen LogP contribution in [0.5, 0.6) is 0 Å². The zero-order chi connectivity index (χ0) is 11.4. The topological polar surface area (TPSA) is 15.3 Å². The van der Waals surface area contributed by atoms with E-state index in [0.717, 1.165) is 18.6 Å². The van der Waals surface area contributed by atoms with Crippen LogP contribution in [0.1, 0.15) is 39.0 Å². The lowest BCUT2D eigenvalue weighted by Crippen LogP contribution is -2.50. The van der Waals surface area contributed by atoms with Crippen molar-refractivity contribution < 1.29 is 0 Å². The summed E-state index contributed by atoms with van der Waals surface area (Å²) in [4.78, 5) is 2.63. The van der Waals surface area contributed by atoms with E-state index in [1.807, 2.05) is 0 Å². The second-order valence-corrected chi connectivity index (χ2v) is 5.41. The molecule has 0 aliphatic carbocycles. The number of piperidine rings is 1. The first-order chi connectivity index (χ1) is 7.81. The van der Waals surface area contributed by atoms with Gasteiger partial charge >= 0.3 is 0 Å². The van der Waals surface area contributed by atoms with Crippen molar-refractivity contribution in [1.82, 2.24) is 10.2 Å². The van der Waals surface area contributed by atoms with Crippen molar-refractivity contribution in [1.29, 1.82) is 0 Å². The molecule has 1 N–H and O–H groups in total. The number of likely N-dealkylation sites (tertiary alicyclic amines) is 1. The van der Waals surface area contributed by atoms with Gasteiger partial charge in [0.15, 0.2) is 0 Å². The molecule has 2 saturated heterocycles. The highest BCUT2D eigenvalue weighted by molar-refractivity contribution is 6.25. The van der Waals surface area contributed by atoms with E-state index in [-0.39, 0.29) is 0 Å². The molecule has 16 heavy (non-hydrogen) atoms. The molecule has 2 rings (SSSR count). The van der Waals surface area contributed by atoms with Crippen LogP contribution < -0.4 is 5.32 Å². The monoisotopic (exact) mass is 242 g/mol. The van der Waals surface area contributed by atoms with Crippen LogP contribution in [0.15, 0.2) is 11.1 Å². The van der Waals surface area contributed by atoms with E-state index < -0.39 is 0 Å². The lowest BCUT2D eigenvalue weighted by atomic mass is 9.94. The summed E-state index contributed by atoms with van der Waals surface area (Å²) >= 11 is 5.77. The normalized spacial score (nSPS) is 33.2. The molecule has 0 aromatic carbocycles. The number of nitrogens with zero attached hydrogens (tertiary/aromatic N) is 1. The maximum Gasteiger partial charge on any atom is 0.0252 e. The van der Waals surface area contributed by atoms with Crippen LogP contribution >= 0.6 is 11.6 Å². The van der Waals surface area contributed by atoms with Crippen LogP contribution in [-0.4, -0.2) is 36.6 Å². The molecule has 2 aliphatic rings. The lowest BCUT2D eigenvalue weighted by Gasteiger charge is -2.39. The standard InChI is InChI=1S/C13H23ClN2/c1-11(9-14)10-16-8-3-2-6-13(16)12-5-4-7-15-12/h9,12-13,15H,2-8,10H2,1H3. The largest absolute Gasteiger partial charge is 0.312 e. The molecule has 2 heterocycles. The van der Waals surface area contributed by atoms with Crippen molar-refractivity contribution >= 4 is 11.6 Å². The Morgan fingerprint density at radius 3 is 2.94 bits per heavy atom. The van der Waals surface area contributed by atoms with Gasteiger partial charge in [-0.15, -0.1) is 0 Å². The van der Waals surface area contributed by atoms with Crippen LogP contribution in [0.3, 0.4) is 0 Å². The van der Waals surface area contributed by atoms with Crippen molar-refractivity contribution in [3.8, 4) is 0 Å². The highest BCUT2D eigenvalue weighted by Crippen LogP contribution is 2.24. The maximum absolute atomic E-state index is 5.77. The van der Waals surface area contributed by atoms with Crippen molar-refractivity contribution in [3.05, 3.63) is 11.1 Å². The first-order valence-electron chi connectivity index (χ1n) is 6.54. The van der Waals surface area contributed by atoms with Crippen molar-refractivity contribution in [2.45, 2.75) is 51.1 Å². The van der Waals surface area contributed by atoms with Gasteiger partial charge in [-0.25, -0.2) is 0 Å². The first-order valence-corrected chi connectivity index (χ1v) is 6.98. The van der Waals surface area contributed by atoms with E-state index in [2.05, 4.69) is 17.1 Å². The smallest absolute Gasteiger partial charge is 0.0252 e. The Bertz CT molecular complexity index is 246. The highest BCUT2D eigenvalue weighted by atomic mass is 35.5. The van der Waals surface area contributed by atoms with Crippen LogP contribution in [0.25, 0.3) is 0 Å². The Hall–Kier alpha value is -0.0500. The Morgan fingerprint density at radius 1 is 1.38 bits per heavy atom. The molecular weight excluding hydrogens is 220 g/mol. The summed E-state index contributed by atoms with van der Waals surface area (Å²) in [5.41, 5.74) is 3.01. The first kappa shape index (κ1) is 12.4. The molecule has 0 saturated carbocycles. The second kappa shape index (κ2) is 6.04. The number of hydrogen-bond acceptors (Lipinski definition) is 2. The van der Waals surface area contributed by atoms with E-state index in [0.29, 0.717) is 0 Å². The van der Waals surface area contributed by atoms with Gasteiger partial charge in [0.25, 0.3) is 0 Å². The fourth-order valence-corrected chi connectivity index (χ4v) is 3.13. The third kappa shape index (κ3) is 2.99. The van der Waals surface area contributed by atoms with E-state index >= 15 is 0 Å². The number of hydrogen-bond donors (Lipinski definition) is 1. The van der Waals surface area contributed by atoms with Gasteiger partial charge in [0.1, 0.15) is 0 Å². The van der Waals surface area contributed by atoms with Gasteiger partial charge < -0.3 is 5.32 Å². The number of rotatable bonds is 3. The average Bonchev–Trinajstić information content (AvgIpc) is 2.83. The summed E-state index contributed by atoms with van der Waals surface area (Å²) in [6.45, 7) is 5.62. The summed E-state index contributed by atoms with van der Waals surface area (Å²) in [6.07, 6.45) is 6.79. The molecule has 0 spiro atoms. The summed E-state index contributed by atoms with van der Waals surface area (Å²) in [6, 6.07) is 1.46. The fourth-order valence-electron chi connectivity index (χ4n) is 3.06. The van der Waals surface area contributed by atoms with Crippen LogP contribution in [-0.2, 0) is 0 Å². The Labute approximate surface area is 104 Å². The SMILES string of the molecule is CC(=CCl)CN1CCCCC1C1CCCN1. The van der Waals surface area contributed by atoms with Gasteiger partial charge in [0, 0.05) is 24.2 Å². The fraction of sp³-hybridized carbons (Fsp3) is 0.846. The van der Waals surface area contributed by atoms with Crippen LogP contribution in [0.2, 0.25) is 0 Å². The summed E-state index contributed by atoms with van der Waals surface area (Å²) in [7, 11) is 0. The zero-order valence-electron chi connectivity index (χ0n) is 10.2. The zero-order valence-corrected chi connectivity index (χ0v) is 11.0. The average molecular weight is 243 g/mol. The molecule has 2 aliphatic heterocycles. The van der Waals surface area contributed by atoms with E-state index in [4.69, 9.17) is 11.6 Å². The van der Waals surface area contributed by atoms with E-state index in [1.165, 1.54) is 50.8 Å². The third-order valence-electron chi connectivity index (χ3n) is 3.87. The Kier molecular flexibility index (Phi) is 4.68. The molecule has 2 atom stereocenters. The van der Waals surface area contributed by atoms with Gasteiger partial charge in [-0.2, -0.15) is 0 Å². The molecular formula is C13H23ClN2. The molecule has 2 unspecified atom stereocenters. The molecule has 3 heteroatoms. The molecule has 0 aromatic rings. The Balaban J connectivity index is 1.95. The van der Waals surface area contributed by atoms with Crippen molar-refractivity contribution in [2.24, 2.45) is 0 Å². The molecule has 2 fully saturated rings. The van der Waals surface area contributed by atoms with E-state index in [9.17, 15) is 0 Å². The van der Waals surface area contributed by atoms with Crippen molar-refractivity contribution in [2.75, 3.05) is 19.6 Å². The minimum atomic E-state index is 0.725. The second-order valence-electron chi connectivity index (χ2n) is 5.19. The summed E-state index contributed by atoms with van der Waals surface area (Å²) < 4.78 is 0. The summed E-state index contributed by atoms with van der Waals surface area (Å²) in [5.74, 6) is 0. The lowest BCUT2D eigenvalue weighted by molar-refractivity contribution is 0.131. The van der Waals surface area contributed by atoms with Gasteiger partial charge in [-0.3, -0.25) is 4.90 Å². The van der Waals surface area contributed by atoms with Gasteiger partial charge in [-0.05, 0) is 51.3 Å². The molecule has 0 amide bonds. The number of halogens is 1.